The van der Waals surface area contributed by atoms with E-state index in [-0.39, 0.29) is 28.3 Å². The molecular formula is C22H22Cl2N2O2S. The molecule has 0 radical (unpaired) electrons. The van der Waals surface area contributed by atoms with Gasteiger partial charge < -0.3 is 0 Å². The Morgan fingerprint density at radius 1 is 1.31 bits per heavy atom. The van der Waals surface area contributed by atoms with Crippen LogP contribution in [-0.4, -0.2) is 15.3 Å². The van der Waals surface area contributed by atoms with Crippen molar-refractivity contribution in [2.75, 3.05) is 0 Å². The Hall–Kier alpha value is -1.69. The van der Waals surface area contributed by atoms with Crippen LogP contribution in [0.15, 0.2) is 29.3 Å². The van der Waals surface area contributed by atoms with Crippen LogP contribution >= 0.6 is 34.5 Å². The van der Waals surface area contributed by atoms with Crippen LogP contribution in [0.2, 0.25) is 10.0 Å². The van der Waals surface area contributed by atoms with E-state index in [1.54, 1.807) is 23.5 Å². The minimum atomic E-state index is -0.244. The molecule has 1 aliphatic carbocycles. The molecule has 0 fully saturated rings. The van der Waals surface area contributed by atoms with Gasteiger partial charge in [-0.2, -0.15) is 0 Å². The summed E-state index contributed by atoms with van der Waals surface area (Å²) in [7, 11) is 0. The molecular weight excluding hydrogens is 427 g/mol. The molecule has 4 nitrogen and oxygen atoms in total. The molecule has 0 spiro atoms. The third-order valence-electron chi connectivity index (χ3n) is 5.81. The molecule has 1 aliphatic rings. The number of aryl methyl sites for hydroxylation is 1. The molecule has 0 amide bonds. The maximum absolute atomic E-state index is 13.2. The first-order chi connectivity index (χ1) is 13.6. The fourth-order valence-corrected chi connectivity index (χ4v) is 5.78. The summed E-state index contributed by atoms with van der Waals surface area (Å²) in [6, 6.07) is 4.73. The van der Waals surface area contributed by atoms with Crippen molar-refractivity contribution in [3.63, 3.8) is 0 Å². The number of fused-ring (bicyclic) bond motifs is 3. The van der Waals surface area contributed by atoms with Crippen LogP contribution in [0.5, 0.6) is 0 Å². The summed E-state index contributed by atoms with van der Waals surface area (Å²) in [6.07, 6.45) is 4.40. The molecule has 2 heterocycles. The number of nitrogens with zero attached hydrogens (tertiary/aromatic N) is 2. The van der Waals surface area contributed by atoms with Gasteiger partial charge >= 0.3 is 0 Å². The normalized spacial score (nSPS) is 16.8. The standard InChI is InChI=1S/C22H22Cl2N2O2S/c1-22(2,3)12-4-6-15-18(8-12)29-20-19(15)21(28)26(11-25-20)10-17(27)14-7-5-13(23)9-16(14)24/h5,7,9,11-12H,4,6,8,10H2,1-3H3. The summed E-state index contributed by atoms with van der Waals surface area (Å²) in [5, 5.41) is 1.42. The molecule has 1 atom stereocenters. The molecule has 1 unspecified atom stereocenters. The van der Waals surface area contributed by atoms with E-state index < -0.39 is 0 Å². The second kappa shape index (κ2) is 7.53. The Labute approximate surface area is 183 Å². The average molecular weight is 449 g/mol. The number of hydrogen-bond donors (Lipinski definition) is 0. The Kier molecular flexibility index (Phi) is 5.34. The molecule has 1 aromatic carbocycles. The van der Waals surface area contributed by atoms with Crippen LogP contribution in [0.4, 0.5) is 0 Å². The molecule has 152 valence electrons. The Morgan fingerprint density at radius 3 is 2.76 bits per heavy atom. The Balaban J connectivity index is 1.68. The number of Topliss-reactive ketones (excluding diaryl/α,β-unsaturated/α-hetero) is 1. The van der Waals surface area contributed by atoms with E-state index in [2.05, 4.69) is 25.8 Å². The monoisotopic (exact) mass is 448 g/mol. The largest absolute Gasteiger partial charge is 0.292 e. The van der Waals surface area contributed by atoms with E-state index in [0.717, 1.165) is 29.7 Å². The van der Waals surface area contributed by atoms with Crippen molar-refractivity contribution in [2.24, 2.45) is 11.3 Å². The molecule has 0 saturated heterocycles. The van der Waals surface area contributed by atoms with Gasteiger partial charge in [-0.3, -0.25) is 14.2 Å². The van der Waals surface area contributed by atoms with Gasteiger partial charge in [0.15, 0.2) is 5.78 Å². The molecule has 2 aromatic heterocycles. The highest BCUT2D eigenvalue weighted by Gasteiger charge is 2.31. The summed E-state index contributed by atoms with van der Waals surface area (Å²) in [4.78, 5) is 32.4. The molecule has 0 bridgehead atoms. The minimum absolute atomic E-state index is 0.0988. The van der Waals surface area contributed by atoms with Crippen LogP contribution in [0.1, 0.15) is 48.0 Å². The number of rotatable bonds is 3. The third kappa shape index (κ3) is 3.88. The first-order valence-electron chi connectivity index (χ1n) is 9.63. The zero-order valence-corrected chi connectivity index (χ0v) is 18.9. The van der Waals surface area contributed by atoms with Crippen molar-refractivity contribution in [2.45, 2.75) is 46.6 Å². The van der Waals surface area contributed by atoms with Crippen LogP contribution < -0.4 is 5.56 Å². The fraction of sp³-hybridized carbons (Fsp3) is 0.409. The molecule has 0 N–H and O–H groups in total. The quantitative estimate of drug-likeness (QED) is 0.475. The highest BCUT2D eigenvalue weighted by atomic mass is 35.5. The first kappa shape index (κ1) is 20.6. The Bertz CT molecular complexity index is 1170. The van der Waals surface area contributed by atoms with Gasteiger partial charge in [0.1, 0.15) is 4.83 Å². The predicted molar refractivity (Wildman–Crippen MR) is 120 cm³/mol. The maximum Gasteiger partial charge on any atom is 0.262 e. The van der Waals surface area contributed by atoms with Gasteiger partial charge in [-0.25, -0.2) is 4.98 Å². The van der Waals surface area contributed by atoms with Gasteiger partial charge in [0, 0.05) is 15.5 Å². The lowest BCUT2D eigenvalue weighted by Gasteiger charge is -2.33. The summed E-state index contributed by atoms with van der Waals surface area (Å²) in [6.45, 7) is 6.72. The van der Waals surface area contributed by atoms with Crippen LogP contribution in [0.25, 0.3) is 10.2 Å². The van der Waals surface area contributed by atoms with Crippen molar-refractivity contribution in [3.05, 3.63) is 60.9 Å². The lowest BCUT2D eigenvalue weighted by atomic mass is 9.72. The van der Waals surface area contributed by atoms with Crippen molar-refractivity contribution in [3.8, 4) is 0 Å². The van der Waals surface area contributed by atoms with Crippen molar-refractivity contribution >= 4 is 50.5 Å². The van der Waals surface area contributed by atoms with Crippen molar-refractivity contribution in [1.82, 2.24) is 9.55 Å². The lowest BCUT2D eigenvalue weighted by Crippen LogP contribution is -2.27. The number of hydrogen-bond acceptors (Lipinski definition) is 4. The summed E-state index contributed by atoms with van der Waals surface area (Å²) >= 11 is 13.7. The number of aromatic nitrogens is 2. The molecule has 29 heavy (non-hydrogen) atoms. The average Bonchev–Trinajstić information content (AvgIpc) is 3.01. The molecule has 3 aromatic rings. The third-order valence-corrected chi connectivity index (χ3v) is 7.52. The number of carbonyl (C=O) groups excluding carboxylic acids is 1. The smallest absolute Gasteiger partial charge is 0.262 e. The fourth-order valence-electron chi connectivity index (χ4n) is 4.01. The molecule has 4 rings (SSSR count). The predicted octanol–water partition coefficient (Wildman–Crippen LogP) is 5.80. The second-order valence-corrected chi connectivity index (χ2v) is 10.6. The topological polar surface area (TPSA) is 52.0 Å². The number of halogens is 2. The van der Waals surface area contributed by atoms with Crippen molar-refractivity contribution in [1.29, 1.82) is 0 Å². The number of carbonyl (C=O) groups is 1. The minimum Gasteiger partial charge on any atom is -0.292 e. The highest BCUT2D eigenvalue weighted by Crippen LogP contribution is 2.41. The van der Waals surface area contributed by atoms with E-state index in [4.69, 9.17) is 23.2 Å². The molecule has 0 aliphatic heterocycles. The Morgan fingerprint density at radius 2 is 2.07 bits per heavy atom. The van der Waals surface area contributed by atoms with E-state index in [1.807, 2.05) is 0 Å². The van der Waals surface area contributed by atoms with Gasteiger partial charge in [0.25, 0.3) is 5.56 Å². The van der Waals surface area contributed by atoms with Gasteiger partial charge in [0.05, 0.1) is 23.3 Å². The number of benzene rings is 1. The van der Waals surface area contributed by atoms with E-state index in [0.29, 0.717) is 21.9 Å². The van der Waals surface area contributed by atoms with Crippen molar-refractivity contribution < 1.29 is 4.79 Å². The zero-order chi connectivity index (χ0) is 20.9. The SMILES string of the molecule is CC(C)(C)C1CCc2c(sc3ncn(CC(=O)c4ccc(Cl)cc4Cl)c(=O)c23)C1. The van der Waals surface area contributed by atoms with E-state index >= 15 is 0 Å². The molecule has 7 heteroatoms. The van der Waals surface area contributed by atoms with Gasteiger partial charge in [-0.15, -0.1) is 11.3 Å². The number of ketones is 1. The summed E-state index contributed by atoms with van der Waals surface area (Å²) < 4.78 is 1.39. The van der Waals surface area contributed by atoms with Crippen LogP contribution in [0.3, 0.4) is 0 Å². The highest BCUT2D eigenvalue weighted by molar-refractivity contribution is 7.18. The van der Waals surface area contributed by atoms with Gasteiger partial charge in [-0.05, 0) is 54.4 Å². The van der Waals surface area contributed by atoms with Gasteiger partial charge in [0.2, 0.25) is 0 Å². The van der Waals surface area contributed by atoms with Gasteiger partial charge in [-0.1, -0.05) is 44.0 Å². The van der Waals surface area contributed by atoms with E-state index in [1.165, 1.54) is 21.8 Å². The first-order valence-corrected chi connectivity index (χ1v) is 11.2. The molecule has 0 saturated carbocycles. The zero-order valence-electron chi connectivity index (χ0n) is 16.6. The van der Waals surface area contributed by atoms with Crippen LogP contribution in [0, 0.1) is 11.3 Å². The second-order valence-electron chi connectivity index (χ2n) is 8.71. The van der Waals surface area contributed by atoms with E-state index in [9.17, 15) is 9.59 Å². The summed E-state index contributed by atoms with van der Waals surface area (Å²) in [5.41, 5.74) is 1.56. The van der Waals surface area contributed by atoms with Crippen LogP contribution in [-0.2, 0) is 19.4 Å². The maximum atomic E-state index is 13.2. The summed E-state index contributed by atoms with van der Waals surface area (Å²) in [5.74, 6) is 0.353. The number of thiophene rings is 1. The lowest BCUT2D eigenvalue weighted by molar-refractivity contribution is 0.0971.